The maximum atomic E-state index is 6.22. The molecule has 96 valence electrons. The molecular formula is C15H12Cl2N2. The van der Waals surface area contributed by atoms with Crippen molar-refractivity contribution in [2.75, 3.05) is 0 Å². The average molecular weight is 291 g/mol. The normalized spacial score (nSPS) is 11.2. The van der Waals surface area contributed by atoms with Gasteiger partial charge in [-0.05, 0) is 49.2 Å². The van der Waals surface area contributed by atoms with Crippen LogP contribution in [0.5, 0.6) is 0 Å². The van der Waals surface area contributed by atoms with Crippen LogP contribution in [0.4, 0.5) is 0 Å². The molecule has 1 heterocycles. The molecule has 0 unspecified atom stereocenters. The predicted octanol–water partition coefficient (Wildman–Crippen LogP) is 5.15. The van der Waals surface area contributed by atoms with E-state index in [1.807, 2.05) is 12.1 Å². The highest BCUT2D eigenvalue weighted by atomic mass is 35.5. The zero-order valence-electron chi connectivity index (χ0n) is 10.6. The van der Waals surface area contributed by atoms with E-state index in [2.05, 4.69) is 35.9 Å². The van der Waals surface area contributed by atoms with Crippen LogP contribution in [-0.4, -0.2) is 9.97 Å². The minimum Gasteiger partial charge on any atom is -0.338 e. The van der Waals surface area contributed by atoms with Gasteiger partial charge in [-0.1, -0.05) is 29.3 Å². The molecule has 0 saturated carbocycles. The molecule has 2 nitrogen and oxygen atoms in total. The second-order valence-corrected chi connectivity index (χ2v) is 5.53. The van der Waals surface area contributed by atoms with E-state index in [-0.39, 0.29) is 0 Å². The van der Waals surface area contributed by atoms with E-state index in [9.17, 15) is 0 Å². The van der Waals surface area contributed by atoms with Crippen molar-refractivity contribution in [2.24, 2.45) is 0 Å². The second kappa shape index (κ2) is 4.55. The molecule has 0 spiro atoms. The summed E-state index contributed by atoms with van der Waals surface area (Å²) in [6.45, 7) is 4.13. The van der Waals surface area contributed by atoms with Crippen molar-refractivity contribution >= 4 is 34.2 Å². The second-order valence-electron chi connectivity index (χ2n) is 4.69. The topological polar surface area (TPSA) is 28.7 Å². The number of halogens is 2. The molecule has 3 aromatic rings. The molecule has 3 rings (SSSR count). The predicted molar refractivity (Wildman–Crippen MR) is 81.0 cm³/mol. The Morgan fingerprint density at radius 3 is 2.58 bits per heavy atom. The zero-order chi connectivity index (χ0) is 13.6. The quantitative estimate of drug-likeness (QED) is 0.659. The van der Waals surface area contributed by atoms with E-state index in [0.29, 0.717) is 10.0 Å². The molecule has 0 aliphatic rings. The summed E-state index contributed by atoms with van der Waals surface area (Å²) < 4.78 is 0. The molecule has 0 fully saturated rings. The van der Waals surface area contributed by atoms with Gasteiger partial charge in [0.1, 0.15) is 5.82 Å². The van der Waals surface area contributed by atoms with E-state index >= 15 is 0 Å². The first-order chi connectivity index (χ1) is 9.04. The van der Waals surface area contributed by atoms with Crippen LogP contribution in [0, 0.1) is 13.8 Å². The molecular weight excluding hydrogens is 279 g/mol. The van der Waals surface area contributed by atoms with Crippen molar-refractivity contribution in [2.45, 2.75) is 13.8 Å². The molecule has 0 bridgehead atoms. The largest absolute Gasteiger partial charge is 0.338 e. The molecule has 2 aromatic carbocycles. The summed E-state index contributed by atoms with van der Waals surface area (Å²) in [6, 6.07) is 9.63. The van der Waals surface area contributed by atoms with Crippen molar-refractivity contribution in [1.82, 2.24) is 9.97 Å². The lowest BCUT2D eigenvalue weighted by molar-refractivity contribution is 1.33. The van der Waals surface area contributed by atoms with E-state index in [1.54, 1.807) is 6.07 Å². The van der Waals surface area contributed by atoms with Crippen LogP contribution in [0.2, 0.25) is 10.0 Å². The standard InChI is InChI=1S/C15H12Cl2N2/c1-8-5-9(2)14-13(6-8)18-15(19-14)11-4-3-10(16)7-12(11)17/h3-7H,1-2H3,(H,18,19). The summed E-state index contributed by atoms with van der Waals surface area (Å²) in [7, 11) is 0. The van der Waals surface area contributed by atoms with Gasteiger partial charge in [0.2, 0.25) is 0 Å². The van der Waals surface area contributed by atoms with Gasteiger partial charge in [-0.2, -0.15) is 0 Å². The van der Waals surface area contributed by atoms with Crippen LogP contribution in [0.3, 0.4) is 0 Å². The smallest absolute Gasteiger partial charge is 0.140 e. The first kappa shape index (κ1) is 12.5. The van der Waals surface area contributed by atoms with Crippen LogP contribution in [0.25, 0.3) is 22.4 Å². The van der Waals surface area contributed by atoms with Gasteiger partial charge in [-0.15, -0.1) is 0 Å². The fraction of sp³-hybridized carbons (Fsp3) is 0.133. The van der Waals surface area contributed by atoms with Crippen LogP contribution in [0.15, 0.2) is 30.3 Å². The van der Waals surface area contributed by atoms with E-state index in [1.165, 1.54) is 5.56 Å². The van der Waals surface area contributed by atoms with Crippen LogP contribution < -0.4 is 0 Å². The minimum absolute atomic E-state index is 0.598. The molecule has 0 radical (unpaired) electrons. The third-order valence-corrected chi connectivity index (χ3v) is 3.66. The summed E-state index contributed by atoms with van der Waals surface area (Å²) in [4.78, 5) is 7.95. The fourth-order valence-corrected chi connectivity index (χ4v) is 2.78. The summed E-state index contributed by atoms with van der Waals surface area (Å²) in [5.41, 5.74) is 5.23. The molecule has 1 N–H and O–H groups in total. The van der Waals surface area contributed by atoms with Gasteiger partial charge in [0, 0.05) is 10.6 Å². The van der Waals surface area contributed by atoms with Gasteiger partial charge < -0.3 is 4.98 Å². The van der Waals surface area contributed by atoms with E-state index < -0.39 is 0 Å². The number of nitrogens with one attached hydrogen (secondary N) is 1. The van der Waals surface area contributed by atoms with Crippen molar-refractivity contribution in [3.05, 3.63) is 51.5 Å². The molecule has 0 saturated heterocycles. The molecule has 0 aliphatic carbocycles. The zero-order valence-corrected chi connectivity index (χ0v) is 12.1. The number of hydrogen-bond donors (Lipinski definition) is 1. The Hall–Kier alpha value is -1.51. The minimum atomic E-state index is 0.598. The van der Waals surface area contributed by atoms with Crippen molar-refractivity contribution in [1.29, 1.82) is 0 Å². The third-order valence-electron chi connectivity index (χ3n) is 3.11. The van der Waals surface area contributed by atoms with E-state index in [4.69, 9.17) is 23.2 Å². The van der Waals surface area contributed by atoms with Crippen LogP contribution in [0.1, 0.15) is 11.1 Å². The number of imidazole rings is 1. The van der Waals surface area contributed by atoms with Gasteiger partial charge in [0.15, 0.2) is 0 Å². The van der Waals surface area contributed by atoms with Gasteiger partial charge in [0.25, 0.3) is 0 Å². The summed E-state index contributed by atoms with van der Waals surface area (Å²) in [5.74, 6) is 0.769. The Morgan fingerprint density at radius 1 is 1.05 bits per heavy atom. The lowest BCUT2D eigenvalue weighted by Crippen LogP contribution is -1.82. The highest BCUT2D eigenvalue weighted by Gasteiger charge is 2.11. The number of benzene rings is 2. The molecule has 0 aliphatic heterocycles. The summed E-state index contributed by atoms with van der Waals surface area (Å²) >= 11 is 12.1. The molecule has 0 amide bonds. The van der Waals surface area contributed by atoms with Gasteiger partial charge in [-0.3, -0.25) is 0 Å². The first-order valence-corrected chi connectivity index (χ1v) is 6.72. The summed E-state index contributed by atoms with van der Waals surface area (Å²) in [6.07, 6.45) is 0. The van der Waals surface area contributed by atoms with Crippen LogP contribution in [-0.2, 0) is 0 Å². The van der Waals surface area contributed by atoms with Gasteiger partial charge in [0.05, 0.1) is 16.1 Å². The number of nitrogens with zero attached hydrogens (tertiary/aromatic N) is 1. The first-order valence-electron chi connectivity index (χ1n) is 5.97. The molecule has 1 aromatic heterocycles. The fourth-order valence-electron chi connectivity index (χ4n) is 2.28. The maximum absolute atomic E-state index is 6.22. The molecule has 4 heteroatoms. The number of aryl methyl sites for hydroxylation is 2. The van der Waals surface area contributed by atoms with Crippen molar-refractivity contribution in [3.8, 4) is 11.4 Å². The number of aromatic amines is 1. The number of hydrogen-bond acceptors (Lipinski definition) is 1. The van der Waals surface area contributed by atoms with Gasteiger partial charge >= 0.3 is 0 Å². The summed E-state index contributed by atoms with van der Waals surface area (Å²) in [5, 5.41) is 1.22. The number of rotatable bonds is 1. The lowest BCUT2D eigenvalue weighted by Gasteiger charge is -2.00. The third kappa shape index (κ3) is 2.22. The molecule has 0 atom stereocenters. The van der Waals surface area contributed by atoms with Crippen LogP contribution >= 0.6 is 23.2 Å². The van der Waals surface area contributed by atoms with Gasteiger partial charge in [-0.25, -0.2) is 4.98 Å². The number of aromatic nitrogens is 2. The van der Waals surface area contributed by atoms with Crippen molar-refractivity contribution in [3.63, 3.8) is 0 Å². The Labute approximate surface area is 121 Å². The molecule has 19 heavy (non-hydrogen) atoms. The Kier molecular flexibility index (Phi) is 3.00. The maximum Gasteiger partial charge on any atom is 0.140 e. The Balaban J connectivity index is 2.23. The Morgan fingerprint density at radius 2 is 1.84 bits per heavy atom. The SMILES string of the molecule is Cc1cc(C)c2nc(-c3ccc(Cl)cc3Cl)[nH]c2c1. The van der Waals surface area contributed by atoms with Crippen molar-refractivity contribution < 1.29 is 0 Å². The lowest BCUT2D eigenvalue weighted by atomic mass is 10.1. The van der Waals surface area contributed by atoms with E-state index in [0.717, 1.165) is 28.0 Å². The number of fused-ring (bicyclic) bond motifs is 1. The number of H-pyrrole nitrogens is 1. The highest BCUT2D eigenvalue weighted by Crippen LogP contribution is 2.30. The highest BCUT2D eigenvalue weighted by molar-refractivity contribution is 6.36. The monoisotopic (exact) mass is 290 g/mol. The average Bonchev–Trinajstić information content (AvgIpc) is 2.72. The Bertz CT molecular complexity index is 775.